The Morgan fingerprint density at radius 3 is 2.56 bits per heavy atom. The highest BCUT2D eigenvalue weighted by atomic mass is 32.2. The molecule has 0 spiro atoms. The standard InChI is InChI=1S/C24H28N4O7S/c1-13-12-33-22-19(34-13)9-20(27(6)36(7,31)32)26-21(22)16-11-28(23(30)35-24(3,4)5)18-10-25-17(14(2)29)8-15(16)18/h8-11,13H,12H2,1-7H3. The van der Waals surface area contributed by atoms with Gasteiger partial charge >= 0.3 is 6.09 Å². The van der Waals surface area contributed by atoms with Crippen LogP contribution in [0, 0.1) is 0 Å². The van der Waals surface area contributed by atoms with Gasteiger partial charge in [-0.15, -0.1) is 0 Å². The van der Waals surface area contributed by atoms with Crippen molar-refractivity contribution < 1.29 is 32.2 Å². The number of sulfonamides is 1. The molecular weight excluding hydrogens is 488 g/mol. The van der Waals surface area contributed by atoms with Gasteiger partial charge in [0.1, 0.15) is 35.5 Å². The molecule has 1 aliphatic rings. The molecule has 0 aliphatic carbocycles. The summed E-state index contributed by atoms with van der Waals surface area (Å²) in [5.41, 5.74) is 0.474. The Morgan fingerprint density at radius 2 is 1.94 bits per heavy atom. The van der Waals surface area contributed by atoms with Gasteiger partial charge in [0, 0.05) is 37.2 Å². The van der Waals surface area contributed by atoms with E-state index >= 15 is 0 Å². The van der Waals surface area contributed by atoms with Crippen LogP contribution in [0.15, 0.2) is 24.5 Å². The molecule has 0 N–H and O–H groups in total. The van der Waals surface area contributed by atoms with Crippen molar-refractivity contribution in [1.29, 1.82) is 0 Å². The first-order chi connectivity index (χ1) is 16.7. The molecule has 0 bridgehead atoms. The van der Waals surface area contributed by atoms with Crippen LogP contribution in [0.3, 0.4) is 0 Å². The smallest absolute Gasteiger partial charge is 0.419 e. The number of hydrogen-bond acceptors (Lipinski definition) is 9. The summed E-state index contributed by atoms with van der Waals surface area (Å²) in [5, 5.41) is 0.483. The molecule has 192 valence electrons. The molecule has 0 aromatic carbocycles. The number of pyridine rings is 2. The van der Waals surface area contributed by atoms with Gasteiger partial charge in [-0.1, -0.05) is 0 Å². The topological polar surface area (TPSA) is 130 Å². The number of fused-ring (bicyclic) bond motifs is 2. The van der Waals surface area contributed by atoms with Crippen LogP contribution in [0.1, 0.15) is 45.1 Å². The second-order valence-electron chi connectivity index (χ2n) is 9.66. The zero-order valence-corrected chi connectivity index (χ0v) is 22.0. The van der Waals surface area contributed by atoms with Crippen LogP contribution >= 0.6 is 0 Å². The third-order valence-corrected chi connectivity index (χ3v) is 6.61. The average Bonchev–Trinajstić information content (AvgIpc) is 3.14. The zero-order chi connectivity index (χ0) is 26.6. The van der Waals surface area contributed by atoms with Gasteiger partial charge in [-0.25, -0.2) is 18.2 Å². The SMILES string of the molecule is CC(=O)c1cc2c(-c3nc(N(C)S(C)(=O)=O)cc4c3OCC(C)O4)cn(C(=O)OC(C)(C)C)c2cn1. The maximum atomic E-state index is 13.1. The van der Waals surface area contributed by atoms with Gasteiger partial charge in [0.05, 0.1) is 18.0 Å². The molecule has 3 aromatic heterocycles. The van der Waals surface area contributed by atoms with Crippen molar-refractivity contribution in [3.63, 3.8) is 0 Å². The van der Waals surface area contributed by atoms with E-state index in [1.165, 1.54) is 37.0 Å². The van der Waals surface area contributed by atoms with E-state index in [2.05, 4.69) is 9.97 Å². The minimum Gasteiger partial charge on any atom is -0.484 e. The van der Waals surface area contributed by atoms with Crippen LogP contribution in [0.5, 0.6) is 11.5 Å². The quantitative estimate of drug-likeness (QED) is 0.477. The monoisotopic (exact) mass is 516 g/mol. The molecule has 36 heavy (non-hydrogen) atoms. The second-order valence-corrected chi connectivity index (χ2v) is 11.7. The molecule has 12 heteroatoms. The van der Waals surface area contributed by atoms with Gasteiger partial charge in [-0.3, -0.25) is 18.7 Å². The van der Waals surface area contributed by atoms with Crippen LogP contribution in [-0.2, 0) is 14.8 Å². The summed E-state index contributed by atoms with van der Waals surface area (Å²) in [4.78, 5) is 33.9. The maximum Gasteiger partial charge on any atom is 0.419 e. The van der Waals surface area contributed by atoms with Gasteiger partial charge in [-0.2, -0.15) is 0 Å². The number of carbonyl (C=O) groups is 2. The van der Waals surface area contributed by atoms with Crippen molar-refractivity contribution in [2.75, 3.05) is 24.2 Å². The van der Waals surface area contributed by atoms with Gasteiger partial charge in [-0.05, 0) is 33.8 Å². The van der Waals surface area contributed by atoms with Crippen molar-refractivity contribution >= 4 is 38.6 Å². The molecule has 3 aromatic rings. The molecule has 0 fully saturated rings. The predicted molar refractivity (Wildman–Crippen MR) is 133 cm³/mol. The summed E-state index contributed by atoms with van der Waals surface area (Å²) in [6, 6.07) is 3.05. The number of aromatic nitrogens is 3. The molecule has 1 atom stereocenters. The van der Waals surface area contributed by atoms with Crippen LogP contribution in [0.4, 0.5) is 10.6 Å². The number of Topliss-reactive ketones (excluding diaryl/α,β-unsaturated/α-hetero) is 1. The normalized spacial score (nSPS) is 15.6. The summed E-state index contributed by atoms with van der Waals surface area (Å²) >= 11 is 0. The average molecular weight is 517 g/mol. The van der Waals surface area contributed by atoms with E-state index < -0.39 is 21.7 Å². The minimum atomic E-state index is -3.64. The first kappa shape index (κ1) is 25.4. The lowest BCUT2D eigenvalue weighted by atomic mass is 10.1. The van der Waals surface area contributed by atoms with Gasteiger partial charge < -0.3 is 14.2 Å². The first-order valence-electron chi connectivity index (χ1n) is 11.2. The lowest BCUT2D eigenvalue weighted by Crippen LogP contribution is -2.29. The summed E-state index contributed by atoms with van der Waals surface area (Å²) in [6.07, 6.45) is 3.06. The number of nitrogens with zero attached hydrogens (tertiary/aromatic N) is 4. The molecule has 1 unspecified atom stereocenters. The third-order valence-electron chi connectivity index (χ3n) is 5.43. The summed E-state index contributed by atoms with van der Waals surface area (Å²) in [5.74, 6) is 0.441. The zero-order valence-electron chi connectivity index (χ0n) is 21.1. The molecule has 0 saturated heterocycles. The fourth-order valence-corrected chi connectivity index (χ4v) is 4.09. The van der Waals surface area contributed by atoms with E-state index in [4.69, 9.17) is 14.2 Å². The highest BCUT2D eigenvalue weighted by molar-refractivity contribution is 7.92. The predicted octanol–water partition coefficient (Wildman–Crippen LogP) is 3.64. The van der Waals surface area contributed by atoms with Crippen LogP contribution in [0.25, 0.3) is 22.2 Å². The molecule has 0 radical (unpaired) electrons. The third kappa shape index (κ3) is 4.85. The molecular formula is C24H28N4O7S. The lowest BCUT2D eigenvalue weighted by molar-refractivity contribution is 0.0544. The Kier molecular flexibility index (Phi) is 6.19. The highest BCUT2D eigenvalue weighted by Gasteiger charge is 2.30. The Balaban J connectivity index is 2.03. The molecule has 0 amide bonds. The van der Waals surface area contributed by atoms with E-state index in [0.717, 1.165) is 10.6 Å². The minimum absolute atomic E-state index is 0.1000. The van der Waals surface area contributed by atoms with E-state index in [-0.39, 0.29) is 35.7 Å². The maximum absolute atomic E-state index is 13.1. The van der Waals surface area contributed by atoms with Gasteiger partial charge in [0.2, 0.25) is 10.0 Å². The molecule has 4 heterocycles. The van der Waals surface area contributed by atoms with Crippen molar-refractivity contribution in [3.05, 3.63) is 30.2 Å². The summed E-state index contributed by atoms with van der Waals surface area (Å²) < 4.78 is 44.3. The van der Waals surface area contributed by atoms with Crippen LogP contribution < -0.4 is 13.8 Å². The van der Waals surface area contributed by atoms with Gasteiger partial charge in [0.15, 0.2) is 17.3 Å². The number of carbonyl (C=O) groups excluding carboxylic acids is 2. The highest BCUT2D eigenvalue weighted by Crippen LogP contribution is 2.44. The second kappa shape index (κ2) is 8.77. The number of anilines is 1. The number of ketones is 1. The molecule has 11 nitrogen and oxygen atoms in total. The van der Waals surface area contributed by atoms with E-state index in [9.17, 15) is 18.0 Å². The van der Waals surface area contributed by atoms with E-state index in [1.54, 1.807) is 26.8 Å². The lowest BCUT2D eigenvalue weighted by Gasteiger charge is -2.27. The number of rotatable bonds is 4. The summed E-state index contributed by atoms with van der Waals surface area (Å²) in [7, 11) is -2.27. The van der Waals surface area contributed by atoms with Crippen molar-refractivity contribution in [3.8, 4) is 22.8 Å². The molecule has 1 aliphatic heterocycles. The Bertz CT molecular complexity index is 1490. The largest absolute Gasteiger partial charge is 0.484 e. The Labute approximate surface area is 209 Å². The number of hydrogen-bond donors (Lipinski definition) is 0. The van der Waals surface area contributed by atoms with Crippen molar-refractivity contribution in [2.24, 2.45) is 0 Å². The van der Waals surface area contributed by atoms with E-state index in [1.807, 2.05) is 6.92 Å². The molecule has 4 rings (SSSR count). The van der Waals surface area contributed by atoms with Crippen LogP contribution in [0.2, 0.25) is 0 Å². The first-order valence-corrected chi connectivity index (χ1v) is 13.0. The van der Waals surface area contributed by atoms with Crippen molar-refractivity contribution in [2.45, 2.75) is 46.3 Å². The van der Waals surface area contributed by atoms with Crippen molar-refractivity contribution in [1.82, 2.24) is 14.5 Å². The van der Waals surface area contributed by atoms with Gasteiger partial charge in [0.25, 0.3) is 0 Å². The Hall–Kier alpha value is -3.67. The van der Waals surface area contributed by atoms with Crippen LogP contribution in [-0.4, -0.2) is 66.4 Å². The Morgan fingerprint density at radius 1 is 1.25 bits per heavy atom. The fraction of sp³-hybridized carbons (Fsp3) is 0.417. The number of ether oxygens (including phenoxy) is 3. The summed E-state index contributed by atoms with van der Waals surface area (Å²) in [6.45, 7) is 8.70. The molecule has 0 saturated carbocycles. The fourth-order valence-electron chi connectivity index (χ4n) is 3.66. The van der Waals surface area contributed by atoms with E-state index in [0.29, 0.717) is 28.0 Å².